The Bertz CT molecular complexity index is 807. The molecule has 0 atom stereocenters. The molecule has 1 aliphatic heterocycles. The van der Waals surface area contributed by atoms with E-state index >= 15 is 0 Å². The number of urea groups is 1. The molecule has 0 bridgehead atoms. The third-order valence-electron chi connectivity index (χ3n) is 5.59. The van der Waals surface area contributed by atoms with Gasteiger partial charge in [0.15, 0.2) is 5.76 Å². The van der Waals surface area contributed by atoms with Gasteiger partial charge < -0.3 is 19.5 Å². The van der Waals surface area contributed by atoms with Crippen LogP contribution >= 0.6 is 0 Å². The summed E-state index contributed by atoms with van der Waals surface area (Å²) in [6.45, 7) is 2.71. The van der Waals surface area contributed by atoms with Crippen molar-refractivity contribution in [1.82, 2.24) is 15.2 Å². The number of amides is 3. The lowest BCUT2D eigenvalue weighted by Crippen LogP contribution is -2.48. The van der Waals surface area contributed by atoms with E-state index in [-0.39, 0.29) is 18.0 Å². The smallest absolute Gasteiger partial charge is 0.320 e. The topological polar surface area (TPSA) is 90.7 Å². The summed E-state index contributed by atoms with van der Waals surface area (Å²) in [5, 5.41) is 5.84. The van der Waals surface area contributed by atoms with Gasteiger partial charge in [-0.15, -0.1) is 0 Å². The van der Waals surface area contributed by atoms with Gasteiger partial charge in [0.05, 0.1) is 18.1 Å². The van der Waals surface area contributed by atoms with Crippen LogP contribution in [0.25, 0.3) is 0 Å². The van der Waals surface area contributed by atoms with Crippen molar-refractivity contribution in [3.8, 4) is 0 Å². The summed E-state index contributed by atoms with van der Waals surface area (Å²) in [4.78, 5) is 32.9. The molecule has 1 aliphatic carbocycles. The van der Waals surface area contributed by atoms with Crippen LogP contribution in [-0.2, 0) is 0 Å². The van der Waals surface area contributed by atoms with Gasteiger partial charge >= 0.3 is 6.03 Å². The van der Waals surface area contributed by atoms with Gasteiger partial charge in [0.2, 0.25) is 0 Å². The Hall–Kier alpha value is -3.03. The number of rotatable bonds is 4. The van der Waals surface area contributed by atoms with E-state index < -0.39 is 0 Å². The minimum Gasteiger partial charge on any atom is -0.459 e. The third-order valence-corrected chi connectivity index (χ3v) is 5.59. The minimum atomic E-state index is -0.192. The Morgan fingerprint density at radius 1 is 1.03 bits per heavy atom. The van der Waals surface area contributed by atoms with Gasteiger partial charge in [-0.25, -0.2) is 9.78 Å². The van der Waals surface area contributed by atoms with Crippen LogP contribution in [0.15, 0.2) is 41.1 Å². The first-order valence-electron chi connectivity index (χ1n) is 10.3. The van der Waals surface area contributed by atoms with Gasteiger partial charge in [-0.3, -0.25) is 10.1 Å². The normalized spacial score (nSPS) is 17.8. The molecule has 0 unspecified atom stereocenters. The van der Waals surface area contributed by atoms with E-state index in [9.17, 15) is 9.59 Å². The number of piperazine rings is 1. The maximum Gasteiger partial charge on any atom is 0.320 e. The largest absolute Gasteiger partial charge is 0.459 e. The van der Waals surface area contributed by atoms with Crippen molar-refractivity contribution in [2.24, 2.45) is 0 Å². The van der Waals surface area contributed by atoms with Crippen LogP contribution in [0.2, 0.25) is 0 Å². The van der Waals surface area contributed by atoms with Crippen molar-refractivity contribution in [2.45, 2.75) is 38.1 Å². The molecule has 8 heteroatoms. The van der Waals surface area contributed by atoms with Crippen LogP contribution in [0.4, 0.5) is 16.3 Å². The number of anilines is 2. The predicted octanol–water partition coefficient (Wildman–Crippen LogP) is 3.09. The van der Waals surface area contributed by atoms with Crippen LogP contribution in [0.5, 0.6) is 0 Å². The number of aromatic nitrogens is 1. The average Bonchev–Trinajstić information content (AvgIpc) is 3.29. The summed E-state index contributed by atoms with van der Waals surface area (Å²) in [6, 6.07) is 7.25. The van der Waals surface area contributed by atoms with Gasteiger partial charge in [0, 0.05) is 32.2 Å². The molecule has 1 saturated carbocycles. The van der Waals surface area contributed by atoms with Gasteiger partial charge in [-0.2, -0.15) is 0 Å². The second-order valence-electron chi connectivity index (χ2n) is 7.59. The average molecular weight is 397 g/mol. The molecular formula is C21H27N5O3. The SMILES string of the molecule is O=C(Nc1ccc(N2CCN(C(=O)c3ccco3)CC2)cn1)NC1CCCCC1. The van der Waals surface area contributed by atoms with E-state index in [1.165, 1.54) is 25.5 Å². The summed E-state index contributed by atoms with van der Waals surface area (Å²) in [6.07, 6.45) is 8.99. The van der Waals surface area contributed by atoms with Crippen molar-refractivity contribution in [1.29, 1.82) is 0 Å². The molecule has 29 heavy (non-hydrogen) atoms. The Kier molecular flexibility index (Phi) is 5.97. The lowest BCUT2D eigenvalue weighted by Gasteiger charge is -2.35. The second kappa shape index (κ2) is 8.98. The highest BCUT2D eigenvalue weighted by Crippen LogP contribution is 2.19. The highest BCUT2D eigenvalue weighted by Gasteiger charge is 2.24. The van der Waals surface area contributed by atoms with Crippen LogP contribution in [0, 0.1) is 0 Å². The number of carbonyl (C=O) groups is 2. The fourth-order valence-electron chi connectivity index (χ4n) is 3.96. The minimum absolute atomic E-state index is 0.0729. The molecule has 1 saturated heterocycles. The fraction of sp³-hybridized carbons (Fsp3) is 0.476. The van der Waals surface area contributed by atoms with Crippen LogP contribution in [0.3, 0.4) is 0 Å². The van der Waals surface area contributed by atoms with E-state index in [1.54, 1.807) is 23.2 Å². The molecule has 2 N–H and O–H groups in total. The molecule has 3 amide bonds. The molecule has 154 valence electrons. The highest BCUT2D eigenvalue weighted by atomic mass is 16.3. The summed E-state index contributed by atoms with van der Waals surface area (Å²) in [5.41, 5.74) is 0.980. The summed E-state index contributed by atoms with van der Waals surface area (Å²) in [5.74, 6) is 0.840. The van der Waals surface area contributed by atoms with E-state index in [1.807, 2.05) is 12.1 Å². The zero-order valence-corrected chi connectivity index (χ0v) is 16.5. The van der Waals surface area contributed by atoms with Gasteiger partial charge in [0.1, 0.15) is 5.82 Å². The van der Waals surface area contributed by atoms with Gasteiger partial charge in [0.25, 0.3) is 5.91 Å². The molecule has 2 aromatic heterocycles. The van der Waals surface area contributed by atoms with Crippen molar-refractivity contribution >= 4 is 23.4 Å². The molecule has 0 radical (unpaired) electrons. The lowest BCUT2D eigenvalue weighted by atomic mass is 9.96. The first-order chi connectivity index (χ1) is 14.2. The van der Waals surface area contributed by atoms with Gasteiger partial charge in [-0.05, 0) is 37.1 Å². The molecule has 2 fully saturated rings. The molecular weight excluding hydrogens is 370 g/mol. The van der Waals surface area contributed by atoms with Crippen LogP contribution in [-0.4, -0.2) is 54.0 Å². The van der Waals surface area contributed by atoms with Gasteiger partial charge in [-0.1, -0.05) is 19.3 Å². The zero-order valence-electron chi connectivity index (χ0n) is 16.5. The van der Waals surface area contributed by atoms with Crippen molar-refractivity contribution < 1.29 is 14.0 Å². The van der Waals surface area contributed by atoms with E-state index in [0.29, 0.717) is 24.7 Å². The lowest BCUT2D eigenvalue weighted by molar-refractivity contribution is 0.0714. The quantitative estimate of drug-likeness (QED) is 0.827. The van der Waals surface area contributed by atoms with E-state index in [0.717, 1.165) is 31.6 Å². The van der Waals surface area contributed by atoms with E-state index in [2.05, 4.69) is 20.5 Å². The predicted molar refractivity (Wildman–Crippen MR) is 110 cm³/mol. The number of carbonyl (C=O) groups excluding carboxylic acids is 2. The number of nitrogens with zero attached hydrogens (tertiary/aromatic N) is 3. The fourth-order valence-corrected chi connectivity index (χ4v) is 3.96. The molecule has 0 spiro atoms. The number of hydrogen-bond donors (Lipinski definition) is 2. The van der Waals surface area contributed by atoms with Crippen molar-refractivity contribution in [3.63, 3.8) is 0 Å². The summed E-state index contributed by atoms with van der Waals surface area (Å²) >= 11 is 0. The molecule has 0 aromatic carbocycles. The molecule has 8 nitrogen and oxygen atoms in total. The van der Waals surface area contributed by atoms with Crippen molar-refractivity contribution in [2.75, 3.05) is 36.4 Å². The zero-order chi connectivity index (χ0) is 20.1. The second-order valence-corrected chi connectivity index (χ2v) is 7.59. The third kappa shape index (κ3) is 4.88. The standard InChI is InChI=1S/C21H27N5O3/c27-20(18-7-4-14-29-18)26-12-10-25(11-13-26)17-8-9-19(22-15-17)24-21(28)23-16-5-2-1-3-6-16/h4,7-9,14-16H,1-3,5-6,10-13H2,(H2,22,23,24,28). The molecule has 4 rings (SSSR count). The highest BCUT2D eigenvalue weighted by molar-refractivity contribution is 5.91. The summed E-state index contributed by atoms with van der Waals surface area (Å²) < 4.78 is 5.20. The molecule has 2 aliphatic rings. The Labute approximate surface area is 170 Å². The Morgan fingerprint density at radius 3 is 2.48 bits per heavy atom. The number of pyridine rings is 1. The first kappa shape index (κ1) is 19.3. The Balaban J connectivity index is 1.26. The maximum absolute atomic E-state index is 12.3. The number of furan rings is 1. The number of nitrogens with one attached hydrogen (secondary N) is 2. The van der Waals surface area contributed by atoms with Crippen LogP contribution in [0.1, 0.15) is 42.7 Å². The van der Waals surface area contributed by atoms with Crippen LogP contribution < -0.4 is 15.5 Å². The Morgan fingerprint density at radius 2 is 1.83 bits per heavy atom. The van der Waals surface area contributed by atoms with Crippen molar-refractivity contribution in [3.05, 3.63) is 42.5 Å². The summed E-state index contributed by atoms with van der Waals surface area (Å²) in [7, 11) is 0. The molecule has 3 heterocycles. The maximum atomic E-state index is 12.3. The monoisotopic (exact) mass is 397 g/mol. The number of hydrogen-bond acceptors (Lipinski definition) is 5. The first-order valence-corrected chi connectivity index (χ1v) is 10.3. The molecule has 2 aromatic rings. The van der Waals surface area contributed by atoms with E-state index in [4.69, 9.17) is 4.42 Å².